The Morgan fingerprint density at radius 1 is 1.31 bits per heavy atom. The van der Waals surface area contributed by atoms with Gasteiger partial charge in [0.15, 0.2) is 0 Å². The molecule has 3 nitrogen and oxygen atoms in total. The Morgan fingerprint density at radius 2 is 2.00 bits per heavy atom. The molecule has 3 unspecified atom stereocenters. The molecule has 1 rings (SSSR count). The summed E-state index contributed by atoms with van der Waals surface area (Å²) in [5.41, 5.74) is 0. The number of hydrogen-bond donors (Lipinski definition) is 2. The van der Waals surface area contributed by atoms with E-state index >= 15 is 0 Å². The van der Waals surface area contributed by atoms with Crippen molar-refractivity contribution in [3.05, 3.63) is 0 Å². The standard InChI is InChI=1S/C13H26N2O/c1-9(2)8-14-13(16)11(4)15-12-6-5-10(3)7-12/h9-12,15H,5-8H2,1-4H3,(H,14,16). The van der Waals surface area contributed by atoms with Crippen LogP contribution in [-0.4, -0.2) is 24.5 Å². The minimum Gasteiger partial charge on any atom is -0.354 e. The Bertz CT molecular complexity index is 228. The molecule has 0 bridgehead atoms. The summed E-state index contributed by atoms with van der Waals surface area (Å²) in [4.78, 5) is 11.7. The fraction of sp³-hybridized carbons (Fsp3) is 0.923. The first-order valence-corrected chi connectivity index (χ1v) is 6.52. The van der Waals surface area contributed by atoms with Crippen LogP contribution >= 0.6 is 0 Å². The van der Waals surface area contributed by atoms with Gasteiger partial charge in [-0.3, -0.25) is 4.79 Å². The molecule has 1 saturated carbocycles. The van der Waals surface area contributed by atoms with E-state index in [1.165, 1.54) is 19.3 Å². The highest BCUT2D eigenvalue weighted by Gasteiger charge is 2.24. The summed E-state index contributed by atoms with van der Waals surface area (Å²) in [7, 11) is 0. The van der Waals surface area contributed by atoms with Gasteiger partial charge in [-0.15, -0.1) is 0 Å². The normalized spacial score (nSPS) is 27.1. The third-order valence-electron chi connectivity index (χ3n) is 3.26. The predicted molar refractivity (Wildman–Crippen MR) is 67.2 cm³/mol. The van der Waals surface area contributed by atoms with Gasteiger partial charge in [0.1, 0.15) is 0 Å². The van der Waals surface area contributed by atoms with Crippen LogP contribution in [0.15, 0.2) is 0 Å². The average molecular weight is 226 g/mol. The summed E-state index contributed by atoms with van der Waals surface area (Å²) in [6, 6.07) is 0.476. The molecule has 0 aromatic heterocycles. The van der Waals surface area contributed by atoms with Crippen LogP contribution in [0.2, 0.25) is 0 Å². The maximum absolute atomic E-state index is 11.7. The third kappa shape index (κ3) is 4.52. The van der Waals surface area contributed by atoms with Gasteiger partial charge in [-0.2, -0.15) is 0 Å². The number of rotatable bonds is 5. The molecule has 0 heterocycles. The molecule has 0 aromatic rings. The van der Waals surface area contributed by atoms with E-state index in [4.69, 9.17) is 0 Å². The van der Waals surface area contributed by atoms with Gasteiger partial charge in [0, 0.05) is 12.6 Å². The fourth-order valence-corrected chi connectivity index (χ4v) is 2.25. The van der Waals surface area contributed by atoms with Crippen molar-refractivity contribution < 1.29 is 4.79 Å². The first-order valence-electron chi connectivity index (χ1n) is 6.52. The van der Waals surface area contributed by atoms with Gasteiger partial charge in [-0.25, -0.2) is 0 Å². The predicted octanol–water partition coefficient (Wildman–Crippen LogP) is 1.93. The van der Waals surface area contributed by atoms with Crippen LogP contribution in [0, 0.1) is 11.8 Å². The Morgan fingerprint density at radius 3 is 2.50 bits per heavy atom. The van der Waals surface area contributed by atoms with Crippen molar-refractivity contribution in [1.29, 1.82) is 0 Å². The van der Waals surface area contributed by atoms with Crippen molar-refractivity contribution in [1.82, 2.24) is 10.6 Å². The summed E-state index contributed by atoms with van der Waals surface area (Å²) >= 11 is 0. The van der Waals surface area contributed by atoms with Crippen LogP contribution in [0.4, 0.5) is 0 Å². The molecule has 1 aliphatic carbocycles. The third-order valence-corrected chi connectivity index (χ3v) is 3.26. The lowest BCUT2D eigenvalue weighted by molar-refractivity contribution is -0.123. The highest BCUT2D eigenvalue weighted by atomic mass is 16.2. The van der Waals surface area contributed by atoms with Crippen LogP contribution < -0.4 is 10.6 Å². The zero-order valence-corrected chi connectivity index (χ0v) is 11.0. The number of amides is 1. The van der Waals surface area contributed by atoms with Gasteiger partial charge < -0.3 is 10.6 Å². The number of hydrogen-bond acceptors (Lipinski definition) is 2. The molecular formula is C13H26N2O. The van der Waals surface area contributed by atoms with Gasteiger partial charge in [-0.05, 0) is 38.0 Å². The largest absolute Gasteiger partial charge is 0.354 e. The molecule has 3 heteroatoms. The van der Waals surface area contributed by atoms with E-state index in [2.05, 4.69) is 31.4 Å². The summed E-state index contributed by atoms with van der Waals surface area (Å²) < 4.78 is 0. The minimum atomic E-state index is -0.0611. The Balaban J connectivity index is 2.23. The number of carbonyl (C=O) groups excluding carboxylic acids is 1. The molecule has 3 atom stereocenters. The molecule has 1 fully saturated rings. The van der Waals surface area contributed by atoms with E-state index in [0.717, 1.165) is 12.5 Å². The van der Waals surface area contributed by atoms with Crippen LogP contribution in [0.5, 0.6) is 0 Å². The SMILES string of the molecule is CC(C)CNC(=O)C(C)NC1CCC(C)C1. The van der Waals surface area contributed by atoms with Gasteiger partial charge in [0.2, 0.25) is 5.91 Å². The summed E-state index contributed by atoms with van der Waals surface area (Å²) in [6.45, 7) is 9.23. The maximum atomic E-state index is 11.7. The Kier molecular flexibility index (Phi) is 5.26. The van der Waals surface area contributed by atoms with E-state index < -0.39 is 0 Å². The summed E-state index contributed by atoms with van der Waals surface area (Å²) in [5, 5.41) is 6.39. The van der Waals surface area contributed by atoms with E-state index in [9.17, 15) is 4.79 Å². The van der Waals surface area contributed by atoms with Crippen molar-refractivity contribution in [2.75, 3.05) is 6.54 Å². The molecule has 1 aliphatic rings. The van der Waals surface area contributed by atoms with Crippen molar-refractivity contribution in [3.63, 3.8) is 0 Å². The van der Waals surface area contributed by atoms with Crippen LogP contribution in [0.3, 0.4) is 0 Å². The van der Waals surface area contributed by atoms with E-state index in [1.807, 2.05) is 6.92 Å². The molecule has 0 aromatic carbocycles. The lowest BCUT2D eigenvalue weighted by Crippen LogP contribution is -2.46. The van der Waals surface area contributed by atoms with E-state index in [1.54, 1.807) is 0 Å². The lowest BCUT2D eigenvalue weighted by atomic mass is 10.1. The Hall–Kier alpha value is -0.570. The highest BCUT2D eigenvalue weighted by molar-refractivity contribution is 5.81. The zero-order valence-electron chi connectivity index (χ0n) is 11.0. The minimum absolute atomic E-state index is 0.0611. The van der Waals surface area contributed by atoms with Crippen molar-refractivity contribution >= 4 is 5.91 Å². The second-order valence-electron chi connectivity index (χ2n) is 5.64. The van der Waals surface area contributed by atoms with E-state index in [-0.39, 0.29) is 11.9 Å². The second-order valence-corrected chi connectivity index (χ2v) is 5.64. The molecule has 94 valence electrons. The van der Waals surface area contributed by atoms with Gasteiger partial charge in [0.25, 0.3) is 0 Å². The zero-order chi connectivity index (χ0) is 12.1. The van der Waals surface area contributed by atoms with Gasteiger partial charge in [-0.1, -0.05) is 20.8 Å². The number of nitrogens with one attached hydrogen (secondary N) is 2. The molecule has 1 amide bonds. The monoisotopic (exact) mass is 226 g/mol. The first kappa shape index (κ1) is 13.5. The smallest absolute Gasteiger partial charge is 0.236 e. The summed E-state index contributed by atoms with van der Waals surface area (Å²) in [6.07, 6.45) is 3.71. The first-order chi connectivity index (χ1) is 7.49. The van der Waals surface area contributed by atoms with Gasteiger partial charge >= 0.3 is 0 Å². The lowest BCUT2D eigenvalue weighted by Gasteiger charge is -2.19. The molecule has 0 saturated heterocycles. The van der Waals surface area contributed by atoms with Crippen LogP contribution in [-0.2, 0) is 4.79 Å². The second kappa shape index (κ2) is 6.24. The van der Waals surface area contributed by atoms with Gasteiger partial charge in [0.05, 0.1) is 6.04 Å². The quantitative estimate of drug-likeness (QED) is 0.752. The molecule has 0 aliphatic heterocycles. The maximum Gasteiger partial charge on any atom is 0.236 e. The fourth-order valence-electron chi connectivity index (χ4n) is 2.25. The molecular weight excluding hydrogens is 200 g/mol. The highest BCUT2D eigenvalue weighted by Crippen LogP contribution is 2.24. The van der Waals surface area contributed by atoms with Crippen LogP contribution in [0.1, 0.15) is 47.0 Å². The summed E-state index contributed by atoms with van der Waals surface area (Å²) in [5.74, 6) is 1.46. The Labute approximate surface area is 99.4 Å². The molecule has 2 N–H and O–H groups in total. The topological polar surface area (TPSA) is 41.1 Å². The molecule has 0 radical (unpaired) electrons. The molecule has 16 heavy (non-hydrogen) atoms. The number of carbonyl (C=O) groups is 1. The van der Waals surface area contributed by atoms with Crippen molar-refractivity contribution in [2.24, 2.45) is 11.8 Å². The average Bonchev–Trinajstić information content (AvgIpc) is 2.60. The van der Waals surface area contributed by atoms with E-state index in [0.29, 0.717) is 12.0 Å². The van der Waals surface area contributed by atoms with Crippen molar-refractivity contribution in [3.8, 4) is 0 Å². The van der Waals surface area contributed by atoms with Crippen molar-refractivity contribution in [2.45, 2.75) is 59.0 Å². The molecule has 0 spiro atoms. The van der Waals surface area contributed by atoms with Crippen LogP contribution in [0.25, 0.3) is 0 Å².